The topological polar surface area (TPSA) is 119 Å². The molecule has 0 heterocycles. The van der Waals surface area contributed by atoms with Crippen molar-refractivity contribution in [3.05, 3.63) is 104 Å². The Labute approximate surface area is 218 Å². The minimum absolute atomic E-state index is 0.0870. The lowest BCUT2D eigenvalue weighted by Gasteiger charge is -2.36. The molecule has 8 nitrogen and oxygen atoms in total. The van der Waals surface area contributed by atoms with E-state index < -0.39 is 16.6 Å². The van der Waals surface area contributed by atoms with E-state index in [1.807, 2.05) is 0 Å². The van der Waals surface area contributed by atoms with E-state index in [0.29, 0.717) is 16.3 Å². The van der Waals surface area contributed by atoms with Gasteiger partial charge in [0.25, 0.3) is 17.5 Å². The highest BCUT2D eigenvalue weighted by Crippen LogP contribution is 2.29. The minimum Gasteiger partial charge on any atom is -0.331 e. The van der Waals surface area contributed by atoms with Crippen LogP contribution in [0.5, 0.6) is 0 Å². The predicted octanol–water partition coefficient (Wildman–Crippen LogP) is 5.55. The number of nitrogens with one attached hydrogen (secondary N) is 1. The molecule has 0 saturated heterocycles. The van der Waals surface area contributed by atoms with Crippen molar-refractivity contribution in [3.8, 4) is 0 Å². The van der Waals surface area contributed by atoms with E-state index in [1.54, 1.807) is 29.2 Å². The summed E-state index contributed by atoms with van der Waals surface area (Å²) in [6.45, 7) is 0.162. The van der Waals surface area contributed by atoms with Crippen LogP contribution in [0.2, 0.25) is 5.02 Å². The SMILES string of the molecule is NC1CCC(N(Cc2cc(NC(=O)c3ccc([N+](=O)[O-])cc3)ccc2Cl)C(=O)c2cccc(F)c2)CC1. The van der Waals surface area contributed by atoms with Gasteiger partial charge in [0.1, 0.15) is 5.82 Å². The molecule has 1 aliphatic rings. The van der Waals surface area contributed by atoms with Crippen LogP contribution in [0.4, 0.5) is 15.8 Å². The van der Waals surface area contributed by atoms with Gasteiger partial charge in [-0.3, -0.25) is 19.7 Å². The van der Waals surface area contributed by atoms with Crippen LogP contribution in [0.25, 0.3) is 0 Å². The molecule has 0 unspecified atom stereocenters. The number of rotatable bonds is 7. The van der Waals surface area contributed by atoms with Gasteiger partial charge in [0, 0.05) is 52.6 Å². The average Bonchev–Trinajstić information content (AvgIpc) is 2.89. The highest BCUT2D eigenvalue weighted by molar-refractivity contribution is 6.31. The van der Waals surface area contributed by atoms with Crippen molar-refractivity contribution in [3.63, 3.8) is 0 Å². The molecule has 0 aromatic heterocycles. The summed E-state index contributed by atoms with van der Waals surface area (Å²) < 4.78 is 13.9. The molecular formula is C27H26ClFN4O4. The highest BCUT2D eigenvalue weighted by Gasteiger charge is 2.29. The van der Waals surface area contributed by atoms with Crippen molar-refractivity contribution >= 4 is 34.8 Å². The lowest BCUT2D eigenvalue weighted by atomic mass is 9.90. The molecule has 0 aliphatic heterocycles. The summed E-state index contributed by atoms with van der Waals surface area (Å²) in [5.74, 6) is -1.25. The number of carbonyl (C=O) groups excluding carboxylic acids is 2. The second-order valence-electron chi connectivity index (χ2n) is 9.08. The predicted molar refractivity (Wildman–Crippen MR) is 139 cm³/mol. The smallest absolute Gasteiger partial charge is 0.269 e. The Balaban J connectivity index is 1.57. The standard InChI is InChI=1S/C27H26ClFN4O4/c28-25-13-8-22(31-26(34)17-4-9-24(10-5-17)33(36)37)15-19(25)16-32(23-11-6-21(30)7-12-23)27(35)18-2-1-3-20(29)14-18/h1-5,8-10,13-15,21,23H,6-7,11-12,16,30H2,(H,31,34). The van der Waals surface area contributed by atoms with Crippen LogP contribution in [-0.4, -0.2) is 33.7 Å². The highest BCUT2D eigenvalue weighted by atomic mass is 35.5. The Bertz CT molecular complexity index is 1310. The van der Waals surface area contributed by atoms with Crippen molar-refractivity contribution in [1.82, 2.24) is 4.90 Å². The van der Waals surface area contributed by atoms with E-state index in [1.165, 1.54) is 42.5 Å². The molecule has 10 heteroatoms. The Kier molecular flexibility index (Phi) is 8.15. The number of hydrogen-bond acceptors (Lipinski definition) is 5. The van der Waals surface area contributed by atoms with Gasteiger partial charge >= 0.3 is 0 Å². The third-order valence-electron chi connectivity index (χ3n) is 6.50. The monoisotopic (exact) mass is 524 g/mol. The van der Waals surface area contributed by atoms with E-state index in [0.717, 1.165) is 25.7 Å². The molecule has 4 rings (SSSR count). The summed E-state index contributed by atoms with van der Waals surface area (Å²) in [4.78, 5) is 38.2. The van der Waals surface area contributed by atoms with Crippen LogP contribution in [-0.2, 0) is 6.54 Å². The fourth-order valence-electron chi connectivity index (χ4n) is 4.46. The Hall–Kier alpha value is -3.82. The number of nitrogens with two attached hydrogens (primary N) is 1. The molecule has 0 spiro atoms. The molecule has 3 aromatic rings. The molecule has 2 amide bonds. The molecule has 192 valence electrons. The molecule has 1 aliphatic carbocycles. The van der Waals surface area contributed by atoms with Gasteiger partial charge in [0.15, 0.2) is 0 Å². The van der Waals surface area contributed by atoms with Gasteiger partial charge in [-0.25, -0.2) is 4.39 Å². The Morgan fingerprint density at radius 2 is 1.73 bits per heavy atom. The van der Waals surface area contributed by atoms with Crippen molar-refractivity contribution in [2.45, 2.75) is 44.3 Å². The molecule has 0 atom stereocenters. The molecule has 0 radical (unpaired) electrons. The van der Waals surface area contributed by atoms with Crippen LogP contribution in [0, 0.1) is 15.9 Å². The maximum Gasteiger partial charge on any atom is 0.269 e. The zero-order valence-electron chi connectivity index (χ0n) is 19.9. The summed E-state index contributed by atoms with van der Waals surface area (Å²) >= 11 is 6.48. The van der Waals surface area contributed by atoms with Gasteiger partial charge in [-0.15, -0.1) is 0 Å². The first-order valence-electron chi connectivity index (χ1n) is 11.9. The number of nitro groups is 1. The number of anilines is 1. The summed E-state index contributed by atoms with van der Waals surface area (Å²) in [6, 6.07) is 15.8. The summed E-state index contributed by atoms with van der Waals surface area (Å²) in [6.07, 6.45) is 2.99. The maximum absolute atomic E-state index is 13.9. The zero-order valence-corrected chi connectivity index (χ0v) is 20.7. The van der Waals surface area contributed by atoms with Crippen molar-refractivity contribution in [1.29, 1.82) is 0 Å². The first-order chi connectivity index (χ1) is 17.7. The summed E-state index contributed by atoms with van der Waals surface area (Å²) in [7, 11) is 0. The van der Waals surface area contributed by atoms with Gasteiger partial charge in [0.2, 0.25) is 0 Å². The number of nitro benzene ring substituents is 1. The molecule has 3 N–H and O–H groups in total. The molecule has 0 bridgehead atoms. The van der Waals surface area contributed by atoms with Gasteiger partial charge in [-0.2, -0.15) is 0 Å². The summed E-state index contributed by atoms with van der Waals surface area (Å²) in [5.41, 5.74) is 7.52. The van der Waals surface area contributed by atoms with E-state index in [-0.39, 0.29) is 41.3 Å². The van der Waals surface area contributed by atoms with Crippen LogP contribution in [0.1, 0.15) is 52.0 Å². The number of nitrogens with zero attached hydrogens (tertiary/aromatic N) is 2. The van der Waals surface area contributed by atoms with Crippen LogP contribution < -0.4 is 11.1 Å². The largest absolute Gasteiger partial charge is 0.331 e. The van der Waals surface area contributed by atoms with Crippen LogP contribution >= 0.6 is 11.6 Å². The van der Waals surface area contributed by atoms with Crippen LogP contribution in [0.15, 0.2) is 66.7 Å². The first kappa shape index (κ1) is 26.2. The maximum atomic E-state index is 13.9. The van der Waals surface area contributed by atoms with E-state index in [9.17, 15) is 24.1 Å². The number of halogens is 2. The van der Waals surface area contributed by atoms with Crippen molar-refractivity contribution < 1.29 is 18.9 Å². The minimum atomic E-state index is -0.538. The third kappa shape index (κ3) is 6.49. The quantitative estimate of drug-likeness (QED) is 0.310. The second-order valence-corrected chi connectivity index (χ2v) is 9.48. The second kappa shape index (κ2) is 11.5. The van der Waals surface area contributed by atoms with E-state index in [2.05, 4.69) is 5.32 Å². The third-order valence-corrected chi connectivity index (χ3v) is 6.87. The number of benzene rings is 3. The molecule has 37 heavy (non-hydrogen) atoms. The number of amides is 2. The van der Waals surface area contributed by atoms with Crippen molar-refractivity contribution in [2.75, 3.05) is 5.32 Å². The fraction of sp³-hybridized carbons (Fsp3) is 0.259. The lowest BCUT2D eigenvalue weighted by Crippen LogP contribution is -2.44. The number of hydrogen-bond donors (Lipinski definition) is 2. The molecule has 1 fully saturated rings. The normalized spacial score (nSPS) is 17.2. The average molecular weight is 525 g/mol. The molecule has 3 aromatic carbocycles. The Morgan fingerprint density at radius 3 is 2.38 bits per heavy atom. The van der Waals surface area contributed by atoms with Gasteiger partial charge < -0.3 is 16.0 Å². The van der Waals surface area contributed by atoms with Gasteiger partial charge in [-0.1, -0.05) is 17.7 Å². The van der Waals surface area contributed by atoms with Gasteiger partial charge in [0.05, 0.1) is 4.92 Å². The number of carbonyl (C=O) groups is 2. The first-order valence-corrected chi connectivity index (χ1v) is 12.3. The van der Waals surface area contributed by atoms with Crippen molar-refractivity contribution in [2.24, 2.45) is 5.73 Å². The van der Waals surface area contributed by atoms with Crippen LogP contribution in [0.3, 0.4) is 0 Å². The molecular weight excluding hydrogens is 499 g/mol. The number of non-ortho nitro benzene ring substituents is 1. The fourth-order valence-corrected chi connectivity index (χ4v) is 4.64. The van der Waals surface area contributed by atoms with Gasteiger partial charge in [-0.05, 0) is 79.8 Å². The zero-order chi connectivity index (χ0) is 26.5. The Morgan fingerprint density at radius 1 is 1.03 bits per heavy atom. The lowest BCUT2D eigenvalue weighted by molar-refractivity contribution is -0.384. The molecule has 1 saturated carbocycles. The summed E-state index contributed by atoms with van der Waals surface area (Å²) in [5, 5.41) is 14.0. The van der Waals surface area contributed by atoms with E-state index in [4.69, 9.17) is 17.3 Å². The van der Waals surface area contributed by atoms with E-state index >= 15 is 0 Å².